The van der Waals surface area contributed by atoms with Crippen molar-refractivity contribution in [3.8, 4) is 11.1 Å². The summed E-state index contributed by atoms with van der Waals surface area (Å²) in [5.74, 6) is -0.0514. The second kappa shape index (κ2) is 8.90. The van der Waals surface area contributed by atoms with Crippen molar-refractivity contribution in [2.24, 2.45) is 12.5 Å². The van der Waals surface area contributed by atoms with Gasteiger partial charge in [0.2, 0.25) is 5.91 Å². The number of piperidine rings is 1. The molecular weight excluding hydrogens is 404 g/mol. The van der Waals surface area contributed by atoms with Crippen LogP contribution in [-0.2, 0) is 18.3 Å². The molecular formula is C24H28N6O2. The van der Waals surface area contributed by atoms with Crippen molar-refractivity contribution in [2.45, 2.75) is 19.3 Å². The summed E-state index contributed by atoms with van der Waals surface area (Å²) in [6.07, 6.45) is 8.71. The van der Waals surface area contributed by atoms with E-state index in [1.807, 2.05) is 18.2 Å². The van der Waals surface area contributed by atoms with Crippen LogP contribution < -0.4 is 0 Å². The highest BCUT2D eigenvalue weighted by molar-refractivity contribution is 5.93. The average molecular weight is 433 g/mol. The number of rotatable bonds is 5. The van der Waals surface area contributed by atoms with Crippen LogP contribution in [0.1, 0.15) is 28.9 Å². The lowest BCUT2D eigenvalue weighted by Gasteiger charge is -2.43. The Labute approximate surface area is 187 Å². The summed E-state index contributed by atoms with van der Waals surface area (Å²) in [5, 5.41) is 4.13. The van der Waals surface area contributed by atoms with Gasteiger partial charge in [0.05, 0.1) is 5.41 Å². The molecule has 1 aliphatic heterocycles. The lowest BCUT2D eigenvalue weighted by molar-refractivity contribution is -0.142. The van der Waals surface area contributed by atoms with Crippen LogP contribution in [0.4, 0.5) is 0 Å². The molecule has 1 fully saturated rings. The van der Waals surface area contributed by atoms with Gasteiger partial charge < -0.3 is 9.80 Å². The molecule has 3 heterocycles. The molecule has 1 atom stereocenters. The van der Waals surface area contributed by atoms with Gasteiger partial charge in [-0.25, -0.2) is 9.97 Å². The van der Waals surface area contributed by atoms with Gasteiger partial charge in [-0.1, -0.05) is 24.3 Å². The maximum atomic E-state index is 13.5. The van der Waals surface area contributed by atoms with E-state index in [1.54, 1.807) is 60.3 Å². The number of hydrogen-bond acceptors (Lipinski definition) is 5. The van der Waals surface area contributed by atoms with Gasteiger partial charge in [-0.05, 0) is 36.5 Å². The number of benzene rings is 1. The first-order valence-corrected chi connectivity index (χ1v) is 10.7. The molecule has 0 N–H and O–H groups in total. The molecule has 4 rings (SSSR count). The van der Waals surface area contributed by atoms with Gasteiger partial charge in [0, 0.05) is 58.4 Å². The number of aryl methyl sites for hydroxylation is 1. The van der Waals surface area contributed by atoms with Crippen molar-refractivity contribution in [3.63, 3.8) is 0 Å². The number of hydrogen-bond donors (Lipinski definition) is 0. The van der Waals surface area contributed by atoms with Crippen LogP contribution in [0.2, 0.25) is 0 Å². The quantitative estimate of drug-likeness (QED) is 0.618. The number of carbonyl (C=O) groups is 2. The second-order valence-electron chi connectivity index (χ2n) is 8.61. The van der Waals surface area contributed by atoms with Crippen molar-refractivity contribution >= 4 is 11.8 Å². The molecule has 8 nitrogen and oxygen atoms in total. The predicted molar refractivity (Wildman–Crippen MR) is 121 cm³/mol. The van der Waals surface area contributed by atoms with Gasteiger partial charge in [0.1, 0.15) is 12.0 Å². The van der Waals surface area contributed by atoms with Gasteiger partial charge in [-0.2, -0.15) is 5.10 Å². The molecule has 2 aromatic heterocycles. The Morgan fingerprint density at radius 3 is 2.56 bits per heavy atom. The number of aromatic nitrogens is 4. The van der Waals surface area contributed by atoms with Crippen LogP contribution in [-0.4, -0.2) is 68.5 Å². The first kappa shape index (κ1) is 21.7. The molecule has 0 unspecified atom stereocenters. The number of nitrogens with zero attached hydrogens (tertiary/aromatic N) is 6. The van der Waals surface area contributed by atoms with E-state index in [-0.39, 0.29) is 11.8 Å². The molecule has 0 aliphatic carbocycles. The second-order valence-corrected chi connectivity index (χ2v) is 8.61. The number of likely N-dealkylation sites (tertiary alicyclic amines) is 1. The van der Waals surface area contributed by atoms with Crippen molar-refractivity contribution < 1.29 is 9.59 Å². The summed E-state index contributed by atoms with van der Waals surface area (Å²) in [7, 11) is 5.32. The van der Waals surface area contributed by atoms with Crippen molar-refractivity contribution in [1.82, 2.24) is 29.5 Å². The summed E-state index contributed by atoms with van der Waals surface area (Å²) < 4.78 is 1.58. The minimum absolute atomic E-state index is 0.0409. The number of carbonyl (C=O) groups excluding carboxylic acids is 2. The Hall–Kier alpha value is -3.55. The zero-order chi connectivity index (χ0) is 22.7. The van der Waals surface area contributed by atoms with E-state index in [9.17, 15) is 9.59 Å². The molecule has 0 bridgehead atoms. The van der Waals surface area contributed by atoms with E-state index < -0.39 is 5.41 Å². The SMILES string of the molecule is CN(C)C(=O)[C@@]1(Cc2ccccc2-c2cncnc2)CCCN(C(=O)c2ccnn2C)C1. The molecule has 0 saturated carbocycles. The zero-order valence-corrected chi connectivity index (χ0v) is 18.7. The highest BCUT2D eigenvalue weighted by Gasteiger charge is 2.45. The fourth-order valence-corrected chi connectivity index (χ4v) is 4.68. The first-order chi connectivity index (χ1) is 15.4. The summed E-state index contributed by atoms with van der Waals surface area (Å²) in [4.78, 5) is 38.5. The van der Waals surface area contributed by atoms with E-state index in [4.69, 9.17) is 0 Å². The Morgan fingerprint density at radius 1 is 1.12 bits per heavy atom. The fourth-order valence-electron chi connectivity index (χ4n) is 4.68. The van der Waals surface area contributed by atoms with Gasteiger partial charge in [0.25, 0.3) is 5.91 Å². The monoisotopic (exact) mass is 432 g/mol. The summed E-state index contributed by atoms with van der Waals surface area (Å²) >= 11 is 0. The van der Waals surface area contributed by atoms with Gasteiger partial charge in [-0.3, -0.25) is 14.3 Å². The maximum absolute atomic E-state index is 13.5. The Balaban J connectivity index is 1.70. The van der Waals surface area contributed by atoms with Crippen molar-refractivity contribution in [1.29, 1.82) is 0 Å². The topological polar surface area (TPSA) is 84.2 Å². The smallest absolute Gasteiger partial charge is 0.272 e. The Bertz CT molecular complexity index is 1110. The van der Waals surface area contributed by atoms with Crippen LogP contribution in [0.15, 0.2) is 55.2 Å². The summed E-state index contributed by atoms with van der Waals surface area (Å²) in [6, 6.07) is 9.76. The maximum Gasteiger partial charge on any atom is 0.272 e. The summed E-state index contributed by atoms with van der Waals surface area (Å²) in [5.41, 5.74) is 2.79. The molecule has 8 heteroatoms. The predicted octanol–water partition coefficient (Wildman–Crippen LogP) is 2.43. The molecule has 3 aromatic rings. The van der Waals surface area contributed by atoms with Gasteiger partial charge in [0.15, 0.2) is 0 Å². The fraction of sp³-hybridized carbons (Fsp3) is 0.375. The molecule has 166 valence electrons. The van der Waals surface area contributed by atoms with Crippen LogP contribution in [0, 0.1) is 5.41 Å². The Morgan fingerprint density at radius 2 is 1.88 bits per heavy atom. The van der Waals surface area contributed by atoms with Gasteiger partial charge >= 0.3 is 0 Å². The molecule has 32 heavy (non-hydrogen) atoms. The minimum Gasteiger partial charge on any atom is -0.348 e. The highest BCUT2D eigenvalue weighted by atomic mass is 16.2. The van der Waals surface area contributed by atoms with E-state index in [1.165, 1.54) is 6.33 Å². The van der Waals surface area contributed by atoms with E-state index in [0.717, 1.165) is 29.5 Å². The van der Waals surface area contributed by atoms with Crippen LogP contribution >= 0.6 is 0 Å². The average Bonchev–Trinajstić information content (AvgIpc) is 3.25. The largest absolute Gasteiger partial charge is 0.348 e. The van der Waals surface area contributed by atoms with Crippen LogP contribution in [0.5, 0.6) is 0 Å². The molecule has 1 saturated heterocycles. The lowest BCUT2D eigenvalue weighted by atomic mass is 9.73. The Kier molecular flexibility index (Phi) is 6.03. The van der Waals surface area contributed by atoms with Crippen LogP contribution in [0.25, 0.3) is 11.1 Å². The molecule has 1 aromatic carbocycles. The van der Waals surface area contributed by atoms with Crippen LogP contribution in [0.3, 0.4) is 0 Å². The molecule has 0 spiro atoms. The molecule has 0 radical (unpaired) electrons. The van der Waals surface area contributed by atoms with E-state index in [2.05, 4.69) is 21.1 Å². The first-order valence-electron chi connectivity index (χ1n) is 10.7. The lowest BCUT2D eigenvalue weighted by Crippen LogP contribution is -2.54. The molecule has 2 amide bonds. The normalized spacial score (nSPS) is 18.4. The van der Waals surface area contributed by atoms with E-state index in [0.29, 0.717) is 25.2 Å². The number of amides is 2. The zero-order valence-electron chi connectivity index (χ0n) is 18.7. The van der Waals surface area contributed by atoms with Crippen molar-refractivity contribution in [2.75, 3.05) is 27.2 Å². The molecule has 1 aliphatic rings. The third-order valence-corrected chi connectivity index (χ3v) is 6.18. The van der Waals surface area contributed by atoms with E-state index >= 15 is 0 Å². The minimum atomic E-state index is -0.707. The summed E-state index contributed by atoms with van der Waals surface area (Å²) in [6.45, 7) is 0.994. The third kappa shape index (κ3) is 4.12. The standard InChI is InChI=1S/C24H28N6O2/c1-28(2)23(32)24(10-6-12-30(16-24)22(31)21-9-11-27-29(21)3)13-18-7-4-5-8-20(18)19-14-25-17-26-15-19/h4-5,7-9,11,14-15,17H,6,10,12-13,16H2,1-3H3/t24-/m1/s1. The third-order valence-electron chi connectivity index (χ3n) is 6.18. The highest BCUT2D eigenvalue weighted by Crippen LogP contribution is 2.38. The van der Waals surface area contributed by atoms with Gasteiger partial charge in [-0.15, -0.1) is 0 Å². The van der Waals surface area contributed by atoms with Crippen molar-refractivity contribution in [3.05, 3.63) is 66.5 Å².